The number of hydrogen-bond donors (Lipinski definition) is 1. The number of halogens is 1. The van der Waals surface area contributed by atoms with Crippen molar-refractivity contribution >= 4 is 39.7 Å². The highest BCUT2D eigenvalue weighted by Crippen LogP contribution is 2.30. The summed E-state index contributed by atoms with van der Waals surface area (Å²) in [6.45, 7) is 3.58. The van der Waals surface area contributed by atoms with Gasteiger partial charge in [0.2, 0.25) is 5.60 Å². The van der Waals surface area contributed by atoms with E-state index in [1.807, 2.05) is 30.5 Å². The van der Waals surface area contributed by atoms with Gasteiger partial charge in [-0.15, -0.1) is 11.3 Å². The number of hydrogen-bond acceptors (Lipinski definition) is 5. The van der Waals surface area contributed by atoms with E-state index >= 15 is 0 Å². The summed E-state index contributed by atoms with van der Waals surface area (Å²) in [4.78, 5) is 22.0. The van der Waals surface area contributed by atoms with Gasteiger partial charge in [0.25, 0.3) is 5.91 Å². The summed E-state index contributed by atoms with van der Waals surface area (Å²) in [6.07, 6.45) is 0.354. The Morgan fingerprint density at radius 1 is 1.45 bits per heavy atom. The molecule has 0 saturated heterocycles. The first-order valence-corrected chi connectivity index (χ1v) is 7.97. The van der Waals surface area contributed by atoms with E-state index in [1.165, 1.54) is 11.3 Å². The Bertz CT molecular complexity index is 759. The molecule has 22 heavy (non-hydrogen) atoms. The topological polar surface area (TPSA) is 63.6 Å². The fourth-order valence-electron chi connectivity index (χ4n) is 2.14. The Balaban J connectivity index is 1.74. The first-order valence-electron chi connectivity index (χ1n) is 6.71. The van der Waals surface area contributed by atoms with E-state index in [-0.39, 0.29) is 5.91 Å². The van der Waals surface area contributed by atoms with Crippen LogP contribution in [0.2, 0.25) is 5.02 Å². The van der Waals surface area contributed by atoms with Crippen molar-refractivity contribution in [1.82, 2.24) is 4.98 Å². The smallest absolute Gasteiger partial charge is 0.273 e. The van der Waals surface area contributed by atoms with Gasteiger partial charge in [0.05, 0.1) is 11.4 Å². The molecule has 1 aromatic carbocycles. The molecule has 0 spiro atoms. The predicted molar refractivity (Wildman–Crippen MR) is 87.6 cm³/mol. The number of aromatic nitrogens is 1. The lowest BCUT2D eigenvalue weighted by Gasteiger charge is -2.19. The summed E-state index contributed by atoms with van der Waals surface area (Å²) >= 11 is 7.54. The molecule has 1 aliphatic rings. The van der Waals surface area contributed by atoms with Gasteiger partial charge in [0.15, 0.2) is 5.13 Å². The van der Waals surface area contributed by atoms with Crippen LogP contribution in [0.4, 0.5) is 5.13 Å². The second-order valence-corrected chi connectivity index (χ2v) is 6.53. The molecule has 1 atom stereocenters. The van der Waals surface area contributed by atoms with Crippen molar-refractivity contribution in [3.8, 4) is 0 Å². The number of oxime groups is 1. The molecule has 114 valence electrons. The number of thiazole rings is 1. The van der Waals surface area contributed by atoms with Crippen LogP contribution in [0.3, 0.4) is 0 Å². The average Bonchev–Trinajstić information content (AvgIpc) is 3.07. The lowest BCUT2D eigenvalue weighted by atomic mass is 9.95. The zero-order chi connectivity index (χ0) is 15.7. The molecular weight excluding hydrogens is 322 g/mol. The van der Waals surface area contributed by atoms with Crippen LogP contribution in [0.25, 0.3) is 0 Å². The molecular formula is C15H14ClN3O2S. The maximum Gasteiger partial charge on any atom is 0.273 e. The zero-order valence-corrected chi connectivity index (χ0v) is 13.7. The van der Waals surface area contributed by atoms with Crippen LogP contribution in [0, 0.1) is 6.92 Å². The van der Waals surface area contributed by atoms with E-state index < -0.39 is 5.60 Å². The second kappa shape index (κ2) is 5.70. The quantitative estimate of drug-likeness (QED) is 0.931. The molecule has 1 N–H and O–H groups in total. The largest absolute Gasteiger partial charge is 0.379 e. The minimum Gasteiger partial charge on any atom is -0.379 e. The van der Waals surface area contributed by atoms with Crippen molar-refractivity contribution in [1.29, 1.82) is 0 Å². The van der Waals surface area contributed by atoms with Gasteiger partial charge in [-0.1, -0.05) is 35.0 Å². The van der Waals surface area contributed by atoms with E-state index in [1.54, 1.807) is 13.0 Å². The fraction of sp³-hybridized carbons (Fsp3) is 0.267. The number of nitrogens with zero attached hydrogens (tertiary/aromatic N) is 2. The van der Waals surface area contributed by atoms with Crippen LogP contribution in [-0.2, 0) is 9.63 Å². The Morgan fingerprint density at radius 3 is 2.91 bits per heavy atom. The number of amides is 1. The van der Waals surface area contributed by atoms with Gasteiger partial charge in [0, 0.05) is 22.4 Å². The lowest BCUT2D eigenvalue weighted by molar-refractivity contribution is -0.135. The van der Waals surface area contributed by atoms with Crippen LogP contribution in [0.5, 0.6) is 0 Å². The summed E-state index contributed by atoms with van der Waals surface area (Å²) in [5, 5.41) is 9.83. The molecule has 0 unspecified atom stereocenters. The van der Waals surface area contributed by atoms with E-state index in [0.29, 0.717) is 22.3 Å². The van der Waals surface area contributed by atoms with Crippen LogP contribution < -0.4 is 5.32 Å². The minimum atomic E-state index is -1.06. The number of nitrogens with one attached hydrogen (secondary N) is 1. The van der Waals surface area contributed by atoms with Crippen LogP contribution in [0.15, 0.2) is 34.8 Å². The number of benzene rings is 1. The normalized spacial score (nSPS) is 20.4. The van der Waals surface area contributed by atoms with Gasteiger partial charge in [0.1, 0.15) is 0 Å². The second-order valence-electron chi connectivity index (χ2n) is 5.26. The molecule has 0 aliphatic carbocycles. The van der Waals surface area contributed by atoms with E-state index in [9.17, 15) is 4.79 Å². The first-order chi connectivity index (χ1) is 10.5. The van der Waals surface area contributed by atoms with Crippen molar-refractivity contribution < 1.29 is 9.63 Å². The highest BCUT2D eigenvalue weighted by molar-refractivity contribution is 7.13. The third-order valence-electron chi connectivity index (χ3n) is 3.37. The summed E-state index contributed by atoms with van der Waals surface area (Å²) in [5.41, 5.74) is 1.25. The van der Waals surface area contributed by atoms with Crippen molar-refractivity contribution in [2.24, 2.45) is 5.16 Å². The van der Waals surface area contributed by atoms with Crippen LogP contribution in [0.1, 0.15) is 24.6 Å². The van der Waals surface area contributed by atoms with Gasteiger partial charge >= 0.3 is 0 Å². The van der Waals surface area contributed by atoms with Gasteiger partial charge in [-0.3, -0.25) is 10.1 Å². The minimum absolute atomic E-state index is 0.271. The molecule has 0 radical (unpaired) electrons. The van der Waals surface area contributed by atoms with Crippen molar-refractivity contribution in [3.63, 3.8) is 0 Å². The van der Waals surface area contributed by atoms with E-state index in [0.717, 1.165) is 11.3 Å². The molecule has 3 rings (SSSR count). The summed E-state index contributed by atoms with van der Waals surface area (Å²) in [6, 6.07) is 7.36. The molecule has 0 saturated carbocycles. The Hall–Kier alpha value is -1.92. The van der Waals surface area contributed by atoms with Crippen molar-refractivity contribution in [2.75, 3.05) is 5.32 Å². The molecule has 2 aromatic rings. The first kappa shape index (κ1) is 15.0. The number of carbonyl (C=O) groups excluding carboxylic acids is 1. The lowest BCUT2D eigenvalue weighted by Crippen LogP contribution is -2.40. The highest BCUT2D eigenvalue weighted by atomic mass is 35.5. The van der Waals surface area contributed by atoms with Gasteiger partial charge in [-0.2, -0.15) is 0 Å². The van der Waals surface area contributed by atoms with E-state index in [2.05, 4.69) is 15.5 Å². The molecule has 1 aromatic heterocycles. The summed E-state index contributed by atoms with van der Waals surface area (Å²) in [5.74, 6) is -0.271. The third-order valence-corrected chi connectivity index (χ3v) is 4.57. The van der Waals surface area contributed by atoms with Gasteiger partial charge in [-0.25, -0.2) is 4.98 Å². The average molecular weight is 336 g/mol. The molecule has 0 fully saturated rings. The Kier molecular flexibility index (Phi) is 3.88. The molecule has 2 heterocycles. The fourth-order valence-corrected chi connectivity index (χ4v) is 3.07. The SMILES string of the molecule is Cc1csc(NC(=O)[C@]2(C)CC(c3ccccc3Cl)=NO2)n1. The predicted octanol–water partition coefficient (Wildman–Crippen LogP) is 3.63. The number of rotatable bonds is 3. The van der Waals surface area contributed by atoms with Crippen molar-refractivity contribution in [2.45, 2.75) is 25.9 Å². The highest BCUT2D eigenvalue weighted by Gasteiger charge is 2.42. The monoisotopic (exact) mass is 335 g/mol. The van der Waals surface area contributed by atoms with Gasteiger partial charge in [-0.05, 0) is 19.9 Å². The van der Waals surface area contributed by atoms with Gasteiger partial charge < -0.3 is 4.84 Å². The maximum absolute atomic E-state index is 12.4. The standard InChI is InChI=1S/C15H14ClN3O2S/c1-9-8-22-14(17-9)18-13(20)15(2)7-12(19-21-15)10-5-3-4-6-11(10)16/h3-6,8H,7H2,1-2H3,(H,17,18,20)/t15-/m0/s1. The Labute approximate surface area is 137 Å². The van der Waals surface area contributed by atoms with Crippen molar-refractivity contribution in [3.05, 3.63) is 45.9 Å². The number of carbonyl (C=O) groups is 1. The summed E-state index contributed by atoms with van der Waals surface area (Å²) in [7, 11) is 0. The molecule has 0 bridgehead atoms. The molecule has 7 heteroatoms. The zero-order valence-electron chi connectivity index (χ0n) is 12.1. The third kappa shape index (κ3) is 2.84. The number of anilines is 1. The summed E-state index contributed by atoms with van der Waals surface area (Å²) < 4.78 is 0. The molecule has 1 amide bonds. The maximum atomic E-state index is 12.4. The van der Waals surface area contributed by atoms with E-state index in [4.69, 9.17) is 16.4 Å². The molecule has 5 nitrogen and oxygen atoms in total. The number of aryl methyl sites for hydroxylation is 1. The Morgan fingerprint density at radius 2 is 2.23 bits per heavy atom. The van der Waals surface area contributed by atoms with Crippen LogP contribution >= 0.6 is 22.9 Å². The van der Waals surface area contributed by atoms with Crippen LogP contribution in [-0.4, -0.2) is 22.2 Å². The molecule has 1 aliphatic heterocycles.